The molecule has 1 saturated heterocycles. The van der Waals surface area contributed by atoms with Gasteiger partial charge in [-0.05, 0) is 75.1 Å². The van der Waals surface area contributed by atoms with Crippen LogP contribution in [0.4, 0.5) is 0 Å². The molecule has 4 atom stereocenters. The number of aliphatic hydroxyl groups excluding tert-OH is 1. The van der Waals surface area contributed by atoms with Gasteiger partial charge in [0.25, 0.3) is 0 Å². The molecule has 3 N–H and O–H groups in total. The molecule has 1 amide bonds. The van der Waals surface area contributed by atoms with E-state index < -0.39 is 24.5 Å². The first-order chi connectivity index (χ1) is 19.0. The van der Waals surface area contributed by atoms with Crippen LogP contribution in [-0.2, 0) is 27.3 Å². The van der Waals surface area contributed by atoms with Crippen molar-refractivity contribution in [2.45, 2.75) is 95.9 Å². The second kappa shape index (κ2) is 12.7. The molecule has 9 heteroatoms. The summed E-state index contributed by atoms with van der Waals surface area (Å²) in [5, 5.41) is 25.6. The Morgan fingerprint density at radius 1 is 1.12 bits per heavy atom. The van der Waals surface area contributed by atoms with E-state index in [1.807, 2.05) is 0 Å². The minimum atomic E-state index is -1.79. The molecule has 1 aromatic heterocycles. The van der Waals surface area contributed by atoms with Crippen molar-refractivity contribution >= 4 is 28.7 Å². The minimum Gasteiger partial charge on any atom is -0.481 e. The molecule has 1 aromatic carbocycles. The maximum atomic E-state index is 13.6. The molecule has 9 nitrogen and oxygen atoms in total. The minimum absolute atomic E-state index is 0.116. The second-order valence-corrected chi connectivity index (χ2v) is 12.2. The molecule has 40 heavy (non-hydrogen) atoms. The molecule has 3 aliphatic rings. The van der Waals surface area contributed by atoms with Crippen LogP contribution >= 0.6 is 0 Å². The topological polar surface area (TPSA) is 123 Å². The SMILES string of the molecule is CCCn1cc2c3c(cccc31)[C@H]1C[C@@H](C(=O)N(C)C3CCC(C)CC3)CN(C)[C@@H]1C2.O=C(O)CC(O)C(=O)O. The smallest absolute Gasteiger partial charge is 0.333 e. The largest absolute Gasteiger partial charge is 0.481 e. The molecule has 1 unspecified atom stereocenters. The lowest BCUT2D eigenvalue weighted by Crippen LogP contribution is -2.53. The number of aromatic nitrogens is 1. The van der Waals surface area contributed by atoms with E-state index in [1.54, 1.807) is 0 Å². The molecule has 220 valence electrons. The third-order valence-corrected chi connectivity index (χ3v) is 9.27. The molecular weight excluding hydrogens is 510 g/mol. The van der Waals surface area contributed by atoms with Crippen LogP contribution in [0.3, 0.4) is 0 Å². The Morgan fingerprint density at radius 2 is 1.82 bits per heavy atom. The first kappa shape index (κ1) is 30.1. The summed E-state index contributed by atoms with van der Waals surface area (Å²) in [4.78, 5) is 37.6. The molecule has 1 saturated carbocycles. The highest BCUT2D eigenvalue weighted by Crippen LogP contribution is 2.45. The first-order valence-electron chi connectivity index (χ1n) is 14.7. The number of aliphatic hydroxyl groups is 1. The van der Waals surface area contributed by atoms with Crippen molar-refractivity contribution < 1.29 is 29.7 Å². The predicted molar refractivity (Wildman–Crippen MR) is 153 cm³/mol. The van der Waals surface area contributed by atoms with Gasteiger partial charge in [-0.2, -0.15) is 0 Å². The Labute approximate surface area is 236 Å². The van der Waals surface area contributed by atoms with Crippen molar-refractivity contribution in [3.8, 4) is 0 Å². The van der Waals surface area contributed by atoms with E-state index in [4.69, 9.17) is 15.3 Å². The van der Waals surface area contributed by atoms with Crippen LogP contribution in [0.1, 0.15) is 75.8 Å². The highest BCUT2D eigenvalue weighted by atomic mass is 16.4. The number of fused-ring (bicyclic) bond motifs is 2. The zero-order chi connectivity index (χ0) is 29.1. The van der Waals surface area contributed by atoms with Crippen LogP contribution in [0.2, 0.25) is 0 Å². The van der Waals surface area contributed by atoms with Gasteiger partial charge < -0.3 is 29.7 Å². The number of carboxylic acids is 2. The first-order valence-corrected chi connectivity index (χ1v) is 14.7. The third kappa shape index (κ3) is 6.36. The Hall–Kier alpha value is -2.91. The maximum Gasteiger partial charge on any atom is 0.333 e. The lowest BCUT2D eigenvalue weighted by molar-refractivity contribution is -0.152. The fraction of sp³-hybridized carbons (Fsp3) is 0.645. The van der Waals surface area contributed by atoms with Gasteiger partial charge >= 0.3 is 11.9 Å². The van der Waals surface area contributed by atoms with Crippen LogP contribution in [-0.4, -0.2) is 86.4 Å². The number of carbonyl (C=O) groups is 3. The average Bonchev–Trinajstić information content (AvgIpc) is 3.27. The summed E-state index contributed by atoms with van der Waals surface area (Å²) in [6, 6.07) is 7.81. The number of hydrogen-bond acceptors (Lipinski definition) is 5. The van der Waals surface area contributed by atoms with Gasteiger partial charge in [0.2, 0.25) is 5.91 Å². The van der Waals surface area contributed by atoms with Crippen molar-refractivity contribution in [3.63, 3.8) is 0 Å². The zero-order valence-corrected chi connectivity index (χ0v) is 24.3. The van der Waals surface area contributed by atoms with Gasteiger partial charge in [0.1, 0.15) is 0 Å². The molecule has 2 aliphatic carbocycles. The lowest BCUT2D eigenvalue weighted by atomic mass is 9.72. The molecule has 0 radical (unpaired) electrons. The van der Waals surface area contributed by atoms with Gasteiger partial charge in [0.15, 0.2) is 6.10 Å². The maximum absolute atomic E-state index is 13.6. The molecule has 0 bridgehead atoms. The number of rotatable bonds is 7. The van der Waals surface area contributed by atoms with Gasteiger partial charge in [0, 0.05) is 55.2 Å². The summed E-state index contributed by atoms with van der Waals surface area (Å²) in [6.45, 7) is 6.58. The van der Waals surface area contributed by atoms with Crippen LogP contribution in [0, 0.1) is 11.8 Å². The molecule has 2 heterocycles. The Balaban J connectivity index is 0.000000357. The standard InChI is InChI=1S/C27H39N3O.C4H6O5/c1-5-13-30-17-19-15-25-23(22-7-6-8-24(30)26(19)22)14-20(16-28(25)3)27(31)29(4)21-11-9-18(2)10-12-21;5-2(4(8)9)1-3(6)7/h6-8,17-18,20-21,23,25H,5,9-16H2,1-4H3;2,5H,1H2,(H,6,7)(H,8,9)/t18?,20-,21?,23-,25-;/m1./s1. The van der Waals surface area contributed by atoms with E-state index >= 15 is 0 Å². The predicted octanol–water partition coefficient (Wildman–Crippen LogP) is 3.96. The summed E-state index contributed by atoms with van der Waals surface area (Å²) in [5.74, 6) is -1.07. The number of amides is 1. The molecule has 2 aromatic rings. The number of benzene rings is 1. The Kier molecular flexibility index (Phi) is 9.56. The van der Waals surface area contributed by atoms with Crippen LogP contribution in [0.25, 0.3) is 10.9 Å². The van der Waals surface area contributed by atoms with Crippen molar-refractivity contribution in [2.75, 3.05) is 20.6 Å². The number of likely N-dealkylation sites (tertiary alicyclic amines) is 1. The molecule has 0 spiro atoms. The van der Waals surface area contributed by atoms with E-state index in [1.165, 1.54) is 47.7 Å². The molecule has 5 rings (SSSR count). The number of hydrogen-bond donors (Lipinski definition) is 3. The number of nitrogens with zero attached hydrogens (tertiary/aromatic N) is 3. The van der Waals surface area contributed by atoms with Gasteiger partial charge in [-0.15, -0.1) is 0 Å². The fourth-order valence-corrected chi connectivity index (χ4v) is 7.07. The van der Waals surface area contributed by atoms with Crippen molar-refractivity contribution in [1.82, 2.24) is 14.4 Å². The highest BCUT2D eigenvalue weighted by Gasteiger charge is 2.43. The quantitative estimate of drug-likeness (QED) is 0.473. The summed E-state index contributed by atoms with van der Waals surface area (Å²) >= 11 is 0. The van der Waals surface area contributed by atoms with Gasteiger partial charge in [-0.25, -0.2) is 4.79 Å². The van der Waals surface area contributed by atoms with E-state index in [0.717, 1.165) is 38.3 Å². The molecule has 2 fully saturated rings. The van der Waals surface area contributed by atoms with Crippen molar-refractivity contribution in [2.24, 2.45) is 11.8 Å². The number of carboxylic acid groups (broad SMARTS) is 2. The van der Waals surface area contributed by atoms with Gasteiger partial charge in [-0.1, -0.05) is 26.0 Å². The summed E-state index contributed by atoms with van der Waals surface area (Å²) in [7, 11) is 4.31. The normalized spacial score (nSPS) is 26.8. The summed E-state index contributed by atoms with van der Waals surface area (Å²) in [5.41, 5.74) is 4.37. The Morgan fingerprint density at radius 3 is 2.42 bits per heavy atom. The zero-order valence-electron chi connectivity index (χ0n) is 24.3. The lowest BCUT2D eigenvalue weighted by Gasteiger charge is -2.46. The molecule has 1 aliphatic heterocycles. The number of carbonyl (C=O) groups excluding carboxylic acids is 1. The monoisotopic (exact) mass is 555 g/mol. The van der Waals surface area contributed by atoms with E-state index in [2.05, 4.69) is 66.7 Å². The van der Waals surface area contributed by atoms with Gasteiger partial charge in [0.05, 0.1) is 12.3 Å². The van der Waals surface area contributed by atoms with Crippen molar-refractivity contribution in [3.05, 3.63) is 35.5 Å². The van der Waals surface area contributed by atoms with Crippen LogP contribution in [0.5, 0.6) is 0 Å². The van der Waals surface area contributed by atoms with Gasteiger partial charge in [-0.3, -0.25) is 9.59 Å². The third-order valence-electron chi connectivity index (χ3n) is 9.27. The summed E-state index contributed by atoms with van der Waals surface area (Å²) < 4.78 is 2.45. The Bertz CT molecular complexity index is 1220. The number of piperidine rings is 1. The van der Waals surface area contributed by atoms with Crippen molar-refractivity contribution in [1.29, 1.82) is 0 Å². The number of aliphatic carboxylic acids is 2. The van der Waals surface area contributed by atoms with E-state index in [-0.39, 0.29) is 5.92 Å². The van der Waals surface area contributed by atoms with E-state index in [9.17, 15) is 14.4 Å². The van der Waals surface area contributed by atoms with Crippen LogP contribution in [0.15, 0.2) is 24.4 Å². The number of aryl methyl sites for hydroxylation is 1. The summed E-state index contributed by atoms with van der Waals surface area (Å²) in [6.07, 6.45) is 7.99. The second-order valence-electron chi connectivity index (χ2n) is 12.2. The fourth-order valence-electron chi connectivity index (χ4n) is 7.07. The number of likely N-dealkylation sites (N-methyl/N-ethyl adjacent to an activating group) is 1. The van der Waals surface area contributed by atoms with Crippen LogP contribution < -0.4 is 0 Å². The highest BCUT2D eigenvalue weighted by molar-refractivity contribution is 5.89. The molecular formula is C31H45N3O6. The van der Waals surface area contributed by atoms with E-state index in [0.29, 0.717) is 23.9 Å². The average molecular weight is 556 g/mol.